The van der Waals surface area contributed by atoms with Crippen LogP contribution in [0.1, 0.15) is 52.0 Å². The molecular formula is C31H42F3N3. The minimum atomic E-state index is -4.17. The Labute approximate surface area is 220 Å². The van der Waals surface area contributed by atoms with Crippen molar-refractivity contribution in [3.05, 3.63) is 60.7 Å². The van der Waals surface area contributed by atoms with Crippen molar-refractivity contribution in [2.24, 2.45) is 17.3 Å². The molecule has 2 aliphatic rings. The van der Waals surface area contributed by atoms with Gasteiger partial charge in [0.2, 0.25) is 0 Å². The van der Waals surface area contributed by atoms with Crippen molar-refractivity contribution in [1.29, 1.82) is 0 Å². The minimum absolute atomic E-state index is 0.0741. The predicted octanol–water partition coefficient (Wildman–Crippen LogP) is 7.77. The summed E-state index contributed by atoms with van der Waals surface area (Å²) in [5, 5.41) is 3.53. The predicted molar refractivity (Wildman–Crippen MR) is 148 cm³/mol. The summed E-state index contributed by atoms with van der Waals surface area (Å²) in [4.78, 5) is 4.38. The molecule has 6 heteroatoms. The molecule has 1 atom stereocenters. The lowest BCUT2D eigenvalue weighted by molar-refractivity contribution is -0.217. The first kappa shape index (κ1) is 27.6. The summed E-state index contributed by atoms with van der Waals surface area (Å²) in [6.07, 6.45) is 0.217. The Balaban J connectivity index is 1.24. The lowest BCUT2D eigenvalue weighted by atomic mass is 9.89. The van der Waals surface area contributed by atoms with Gasteiger partial charge < -0.3 is 15.1 Å². The summed E-state index contributed by atoms with van der Waals surface area (Å²) in [5.41, 5.74) is 4.07. The molecular weight excluding hydrogens is 471 g/mol. The van der Waals surface area contributed by atoms with Crippen LogP contribution in [0.2, 0.25) is 0 Å². The second-order valence-corrected chi connectivity index (χ2v) is 11.8. The van der Waals surface area contributed by atoms with Crippen LogP contribution in [0.4, 0.5) is 18.9 Å². The highest BCUT2D eigenvalue weighted by molar-refractivity contribution is 5.70. The van der Waals surface area contributed by atoms with E-state index in [0.717, 1.165) is 62.9 Å². The van der Waals surface area contributed by atoms with Gasteiger partial charge in [0, 0.05) is 37.6 Å². The summed E-state index contributed by atoms with van der Waals surface area (Å²) in [7, 11) is 0. The van der Waals surface area contributed by atoms with Crippen LogP contribution in [0.3, 0.4) is 0 Å². The molecule has 3 nitrogen and oxygen atoms in total. The summed E-state index contributed by atoms with van der Waals surface area (Å²) < 4.78 is 39.6. The first-order chi connectivity index (χ1) is 17.5. The number of anilines is 1. The molecule has 0 amide bonds. The Morgan fingerprint density at radius 2 is 1.51 bits per heavy atom. The largest absolute Gasteiger partial charge is 0.395 e. The molecule has 0 aliphatic carbocycles. The van der Waals surface area contributed by atoms with Crippen LogP contribution in [-0.4, -0.2) is 55.2 Å². The fourth-order valence-electron chi connectivity index (χ4n) is 5.51. The van der Waals surface area contributed by atoms with Gasteiger partial charge in [0.05, 0.1) is 5.41 Å². The fraction of sp³-hybridized carbons (Fsp3) is 0.548. The number of alkyl halides is 3. The van der Waals surface area contributed by atoms with Crippen molar-refractivity contribution in [2.75, 3.05) is 44.6 Å². The molecule has 0 spiro atoms. The lowest BCUT2D eigenvalue weighted by Crippen LogP contribution is -2.46. The average Bonchev–Trinajstić information content (AvgIpc) is 2.87. The van der Waals surface area contributed by atoms with Crippen molar-refractivity contribution in [1.82, 2.24) is 9.80 Å². The van der Waals surface area contributed by atoms with Gasteiger partial charge in [0.25, 0.3) is 0 Å². The SMILES string of the molecule is C=C(c1ccc(-c2ccc(NCC3CCN(CC(C)(C)C(F)(F)F)CC3)cc2)cc1)N1CCCC(C)C1. The van der Waals surface area contributed by atoms with Crippen LogP contribution >= 0.6 is 0 Å². The molecule has 0 radical (unpaired) electrons. The van der Waals surface area contributed by atoms with Crippen molar-refractivity contribution in [3.8, 4) is 11.1 Å². The standard InChI is InChI=1S/C31H42F3N3/c1-23-6-5-17-37(21-23)24(2)26-7-9-27(10-8-26)28-11-13-29(14-12-28)35-20-25-15-18-36(19-16-25)22-30(3,4)31(32,33)34/h7-14,23,25,35H,2,5-6,15-22H2,1,3-4H3. The Morgan fingerprint density at radius 3 is 2.08 bits per heavy atom. The van der Waals surface area contributed by atoms with Gasteiger partial charge in [-0.15, -0.1) is 0 Å². The van der Waals surface area contributed by atoms with Crippen LogP contribution in [0.25, 0.3) is 16.8 Å². The van der Waals surface area contributed by atoms with Crippen molar-refractivity contribution in [3.63, 3.8) is 0 Å². The second kappa shape index (κ2) is 11.5. The highest BCUT2D eigenvalue weighted by Crippen LogP contribution is 2.38. The van der Waals surface area contributed by atoms with Gasteiger partial charge in [0.1, 0.15) is 0 Å². The Bertz CT molecular complexity index is 1020. The maximum Gasteiger partial charge on any atom is 0.395 e. The molecule has 1 unspecified atom stereocenters. The molecule has 2 aromatic carbocycles. The molecule has 202 valence electrons. The number of likely N-dealkylation sites (tertiary alicyclic amines) is 2. The van der Waals surface area contributed by atoms with Gasteiger partial charge in [-0.25, -0.2) is 0 Å². The maximum atomic E-state index is 13.2. The third-order valence-electron chi connectivity index (χ3n) is 8.16. The fourth-order valence-corrected chi connectivity index (χ4v) is 5.51. The van der Waals surface area contributed by atoms with Gasteiger partial charge in [-0.05, 0) is 93.3 Å². The topological polar surface area (TPSA) is 18.5 Å². The molecule has 2 fully saturated rings. The first-order valence-corrected chi connectivity index (χ1v) is 13.7. The van der Waals surface area contributed by atoms with Gasteiger partial charge in [-0.2, -0.15) is 13.2 Å². The number of benzene rings is 2. The van der Waals surface area contributed by atoms with Crippen LogP contribution in [0, 0.1) is 17.3 Å². The van der Waals surface area contributed by atoms with E-state index in [1.54, 1.807) is 0 Å². The zero-order valence-electron chi connectivity index (χ0n) is 22.6. The second-order valence-electron chi connectivity index (χ2n) is 11.8. The van der Waals surface area contributed by atoms with E-state index in [2.05, 4.69) is 72.3 Å². The number of nitrogens with zero attached hydrogens (tertiary/aromatic N) is 2. The number of nitrogens with one attached hydrogen (secondary N) is 1. The molecule has 2 aromatic rings. The highest BCUT2D eigenvalue weighted by Gasteiger charge is 2.48. The summed E-state index contributed by atoms with van der Waals surface area (Å²) >= 11 is 0. The number of rotatable bonds is 8. The molecule has 1 N–H and O–H groups in total. The lowest BCUT2D eigenvalue weighted by Gasteiger charge is -2.38. The summed E-state index contributed by atoms with van der Waals surface area (Å²) in [5.74, 6) is 1.20. The van der Waals surface area contributed by atoms with Crippen molar-refractivity contribution < 1.29 is 13.2 Å². The minimum Gasteiger partial charge on any atom is -0.385 e. The van der Waals surface area contributed by atoms with Crippen LogP contribution in [0.15, 0.2) is 55.1 Å². The molecule has 37 heavy (non-hydrogen) atoms. The Hall–Kier alpha value is -2.47. The summed E-state index contributed by atoms with van der Waals surface area (Å²) in [6.45, 7) is 13.8. The monoisotopic (exact) mass is 513 g/mol. The van der Waals surface area contributed by atoms with Crippen molar-refractivity contribution in [2.45, 2.75) is 52.6 Å². The zero-order valence-corrected chi connectivity index (χ0v) is 22.6. The van der Waals surface area contributed by atoms with Gasteiger partial charge in [-0.3, -0.25) is 0 Å². The highest BCUT2D eigenvalue weighted by atomic mass is 19.4. The van der Waals surface area contributed by atoms with Crippen LogP contribution in [-0.2, 0) is 0 Å². The number of hydrogen-bond donors (Lipinski definition) is 1. The number of halogens is 3. The van der Waals surface area contributed by atoms with E-state index in [0.29, 0.717) is 5.92 Å². The van der Waals surface area contributed by atoms with Gasteiger partial charge in [-0.1, -0.05) is 49.9 Å². The molecule has 2 saturated heterocycles. The molecule has 4 rings (SSSR count). The quantitative estimate of drug-likeness (QED) is 0.389. The average molecular weight is 514 g/mol. The number of hydrogen-bond acceptors (Lipinski definition) is 3. The molecule has 0 aromatic heterocycles. The molecule has 0 saturated carbocycles. The van der Waals surface area contributed by atoms with E-state index in [1.165, 1.54) is 43.4 Å². The van der Waals surface area contributed by atoms with Crippen molar-refractivity contribution >= 4 is 11.4 Å². The Kier molecular flexibility index (Phi) is 8.57. The van der Waals surface area contributed by atoms with E-state index in [1.807, 2.05) is 4.90 Å². The zero-order chi connectivity index (χ0) is 26.6. The van der Waals surface area contributed by atoms with E-state index in [4.69, 9.17) is 0 Å². The molecule has 2 heterocycles. The third-order valence-corrected chi connectivity index (χ3v) is 8.16. The van der Waals surface area contributed by atoms with E-state index < -0.39 is 11.6 Å². The molecule has 2 aliphatic heterocycles. The van der Waals surface area contributed by atoms with Gasteiger partial charge in [0.15, 0.2) is 0 Å². The van der Waals surface area contributed by atoms with E-state index in [9.17, 15) is 13.2 Å². The first-order valence-electron chi connectivity index (χ1n) is 13.7. The maximum absolute atomic E-state index is 13.2. The van der Waals surface area contributed by atoms with E-state index >= 15 is 0 Å². The molecule has 0 bridgehead atoms. The van der Waals surface area contributed by atoms with Crippen LogP contribution < -0.4 is 5.32 Å². The van der Waals surface area contributed by atoms with Gasteiger partial charge >= 0.3 is 6.18 Å². The number of piperidine rings is 2. The summed E-state index contributed by atoms with van der Waals surface area (Å²) in [6, 6.07) is 17.2. The normalized spacial score (nSPS) is 20.2. The van der Waals surface area contributed by atoms with E-state index in [-0.39, 0.29) is 6.54 Å². The smallest absolute Gasteiger partial charge is 0.385 e. The van der Waals surface area contributed by atoms with Crippen LogP contribution in [0.5, 0.6) is 0 Å². The Morgan fingerprint density at radius 1 is 0.919 bits per heavy atom. The third kappa shape index (κ3) is 7.10.